The Morgan fingerprint density at radius 2 is 1.93 bits per heavy atom. The highest BCUT2D eigenvalue weighted by atomic mass is 35.5. The van der Waals surface area contributed by atoms with Crippen molar-refractivity contribution in [2.24, 2.45) is 0 Å². The largest absolute Gasteiger partial charge is 0.507 e. The summed E-state index contributed by atoms with van der Waals surface area (Å²) < 4.78 is 0. The number of aromatic hydroxyl groups is 1. The predicted octanol–water partition coefficient (Wildman–Crippen LogP) is 1.23. The molecule has 0 aliphatic carbocycles. The van der Waals surface area contributed by atoms with Gasteiger partial charge in [0.15, 0.2) is 11.8 Å². The fourth-order valence-corrected chi connectivity index (χ4v) is 3.90. The Balaban J connectivity index is 2.28. The van der Waals surface area contributed by atoms with Crippen molar-refractivity contribution in [1.29, 1.82) is 0 Å². The lowest BCUT2D eigenvalue weighted by Gasteiger charge is -2.49. The fraction of sp³-hybridized carbons (Fsp3) is 0.316. The van der Waals surface area contributed by atoms with Crippen molar-refractivity contribution in [2.45, 2.75) is 18.4 Å². The second-order valence-electron chi connectivity index (χ2n) is 6.41. The van der Waals surface area contributed by atoms with Gasteiger partial charge in [-0.15, -0.1) is 0 Å². The molecule has 0 spiro atoms. The molecule has 2 aromatic rings. The first-order valence-electron chi connectivity index (χ1n) is 8.79. The number of nitrogens with zero attached hydrogens (tertiary/aromatic N) is 1. The smallest absolute Gasteiger partial charge is 0.173 e. The standard InChI is InChI=1S/C19H24ClN5O3/c1-21-19(22-2)17(10-27)25(23-3)18-14(9-26)12(5-6-15(18)24-19)13-8-11(20)4-7-16(13)28/h4-8,10,17,21-24,26,28H,9H2,1-3H3. The number of carbonyl (C=O) groups excluding carboxylic acids is 1. The van der Waals surface area contributed by atoms with Crippen molar-refractivity contribution in [2.75, 3.05) is 31.5 Å². The fourth-order valence-electron chi connectivity index (χ4n) is 3.73. The van der Waals surface area contributed by atoms with Crippen LogP contribution in [-0.2, 0) is 11.4 Å². The third-order valence-electron chi connectivity index (χ3n) is 5.14. The number of anilines is 2. The highest BCUT2D eigenvalue weighted by Crippen LogP contribution is 2.44. The summed E-state index contributed by atoms with van der Waals surface area (Å²) in [5.74, 6) is -0.880. The molecule has 0 radical (unpaired) electrons. The Kier molecular flexibility index (Phi) is 5.78. The van der Waals surface area contributed by atoms with Crippen LogP contribution in [0.4, 0.5) is 11.4 Å². The lowest BCUT2D eigenvalue weighted by Crippen LogP contribution is -2.75. The number of carbonyl (C=O) groups is 1. The number of hydrogen-bond donors (Lipinski definition) is 6. The molecule has 0 aromatic heterocycles. The minimum absolute atomic E-state index is 0.0468. The van der Waals surface area contributed by atoms with Crippen LogP contribution in [0.1, 0.15) is 5.56 Å². The van der Waals surface area contributed by atoms with Crippen LogP contribution in [0.5, 0.6) is 5.75 Å². The quantitative estimate of drug-likeness (QED) is 0.314. The van der Waals surface area contributed by atoms with Crippen LogP contribution >= 0.6 is 11.6 Å². The van der Waals surface area contributed by atoms with Crippen LogP contribution in [0.2, 0.25) is 5.02 Å². The lowest BCUT2D eigenvalue weighted by atomic mass is 9.93. The average Bonchev–Trinajstić information content (AvgIpc) is 2.72. The molecule has 3 rings (SSSR count). The second-order valence-corrected chi connectivity index (χ2v) is 6.85. The number of halogens is 1. The maximum atomic E-state index is 12.0. The van der Waals surface area contributed by atoms with E-state index in [1.54, 1.807) is 44.4 Å². The summed E-state index contributed by atoms with van der Waals surface area (Å²) in [6.07, 6.45) is 0.810. The average molecular weight is 406 g/mol. The van der Waals surface area contributed by atoms with Gasteiger partial charge in [0.1, 0.15) is 12.0 Å². The molecule has 1 heterocycles. The van der Waals surface area contributed by atoms with Crippen LogP contribution in [0.3, 0.4) is 0 Å². The van der Waals surface area contributed by atoms with Gasteiger partial charge in [-0.1, -0.05) is 17.7 Å². The van der Waals surface area contributed by atoms with Gasteiger partial charge >= 0.3 is 0 Å². The van der Waals surface area contributed by atoms with Crippen molar-refractivity contribution in [1.82, 2.24) is 16.1 Å². The van der Waals surface area contributed by atoms with E-state index in [2.05, 4.69) is 21.4 Å². The predicted molar refractivity (Wildman–Crippen MR) is 110 cm³/mol. The zero-order valence-electron chi connectivity index (χ0n) is 15.9. The number of nitrogens with one attached hydrogen (secondary N) is 4. The summed E-state index contributed by atoms with van der Waals surface area (Å²) in [5, 5.41) is 32.2. The number of hydrogen-bond acceptors (Lipinski definition) is 8. The molecule has 0 bridgehead atoms. The molecule has 0 saturated heterocycles. The molecule has 28 heavy (non-hydrogen) atoms. The van der Waals surface area contributed by atoms with E-state index in [4.69, 9.17) is 11.6 Å². The third-order valence-corrected chi connectivity index (χ3v) is 5.38. The molecular formula is C19H24ClN5O3. The summed E-state index contributed by atoms with van der Waals surface area (Å²) >= 11 is 6.11. The minimum Gasteiger partial charge on any atom is -0.507 e. The zero-order valence-corrected chi connectivity index (χ0v) is 16.6. The monoisotopic (exact) mass is 405 g/mol. The SMILES string of the molecule is CNN1c2c(ccc(-c3cc(Cl)ccc3O)c2CO)NC(NC)(NC)C1C=O. The van der Waals surface area contributed by atoms with E-state index in [-0.39, 0.29) is 12.4 Å². The van der Waals surface area contributed by atoms with Gasteiger partial charge in [-0.25, -0.2) is 5.43 Å². The Morgan fingerprint density at radius 1 is 1.21 bits per heavy atom. The van der Waals surface area contributed by atoms with Gasteiger partial charge in [0, 0.05) is 23.2 Å². The summed E-state index contributed by atoms with van der Waals surface area (Å²) in [5.41, 5.74) is 6.02. The number of aliphatic hydroxyl groups excluding tert-OH is 1. The van der Waals surface area contributed by atoms with Crippen molar-refractivity contribution in [3.05, 3.63) is 40.9 Å². The summed E-state index contributed by atoms with van der Waals surface area (Å²) in [6.45, 7) is -0.304. The van der Waals surface area contributed by atoms with Gasteiger partial charge < -0.3 is 20.3 Å². The number of aldehydes is 1. The highest BCUT2D eigenvalue weighted by molar-refractivity contribution is 6.31. The van der Waals surface area contributed by atoms with Crippen LogP contribution in [-0.4, -0.2) is 49.5 Å². The Hall–Kier alpha value is -2.36. The van der Waals surface area contributed by atoms with E-state index in [0.29, 0.717) is 33.1 Å². The molecule has 1 aliphatic rings. The van der Waals surface area contributed by atoms with Gasteiger partial charge in [0.05, 0.1) is 18.0 Å². The van der Waals surface area contributed by atoms with Gasteiger partial charge in [-0.05, 0) is 43.9 Å². The Labute approximate surface area is 168 Å². The number of phenols is 1. The molecule has 2 aromatic carbocycles. The second kappa shape index (κ2) is 7.94. The molecule has 1 atom stereocenters. The number of fused-ring (bicyclic) bond motifs is 1. The molecule has 0 saturated carbocycles. The number of phenolic OH excluding ortho intramolecular Hbond substituents is 1. The summed E-state index contributed by atoms with van der Waals surface area (Å²) in [4.78, 5) is 12.0. The van der Waals surface area contributed by atoms with Crippen molar-refractivity contribution in [3.8, 4) is 16.9 Å². The zero-order chi connectivity index (χ0) is 20.5. The van der Waals surface area contributed by atoms with E-state index >= 15 is 0 Å². The van der Waals surface area contributed by atoms with Crippen LogP contribution in [0.15, 0.2) is 30.3 Å². The molecule has 9 heteroatoms. The van der Waals surface area contributed by atoms with Crippen LogP contribution < -0.4 is 26.4 Å². The number of aliphatic hydroxyl groups is 1. The summed E-state index contributed by atoms with van der Waals surface area (Å²) in [7, 11) is 5.18. The number of hydrazine groups is 1. The molecule has 150 valence electrons. The number of rotatable bonds is 6. The molecule has 6 N–H and O–H groups in total. The van der Waals surface area contributed by atoms with E-state index < -0.39 is 11.8 Å². The van der Waals surface area contributed by atoms with Crippen molar-refractivity contribution >= 4 is 29.3 Å². The molecule has 1 unspecified atom stereocenters. The molecule has 0 fully saturated rings. The van der Waals surface area contributed by atoms with E-state index in [1.165, 1.54) is 6.07 Å². The van der Waals surface area contributed by atoms with Gasteiger partial charge in [-0.2, -0.15) is 0 Å². The highest BCUT2D eigenvalue weighted by Gasteiger charge is 2.46. The van der Waals surface area contributed by atoms with Gasteiger partial charge in [0.2, 0.25) is 0 Å². The lowest BCUT2D eigenvalue weighted by molar-refractivity contribution is -0.110. The number of benzene rings is 2. The first-order chi connectivity index (χ1) is 13.5. The molecule has 0 amide bonds. The minimum atomic E-state index is -0.926. The van der Waals surface area contributed by atoms with Crippen molar-refractivity contribution < 1.29 is 15.0 Å². The maximum absolute atomic E-state index is 12.0. The van der Waals surface area contributed by atoms with Crippen LogP contribution in [0, 0.1) is 0 Å². The first kappa shape index (κ1) is 20.4. The van der Waals surface area contributed by atoms with E-state index in [1.807, 2.05) is 6.07 Å². The Morgan fingerprint density at radius 3 is 2.50 bits per heavy atom. The van der Waals surface area contributed by atoms with Gasteiger partial charge in [-0.3, -0.25) is 15.6 Å². The van der Waals surface area contributed by atoms with Crippen LogP contribution in [0.25, 0.3) is 11.1 Å². The van der Waals surface area contributed by atoms with E-state index in [9.17, 15) is 15.0 Å². The molecular weight excluding hydrogens is 382 g/mol. The Bertz CT molecular complexity index is 888. The first-order valence-corrected chi connectivity index (χ1v) is 9.17. The number of likely N-dealkylation sites (N-methyl/N-ethyl adjacent to an activating group) is 2. The third kappa shape index (κ3) is 3.09. The van der Waals surface area contributed by atoms with Crippen molar-refractivity contribution in [3.63, 3.8) is 0 Å². The van der Waals surface area contributed by atoms with E-state index in [0.717, 1.165) is 6.29 Å². The normalized spacial score (nSPS) is 17.8. The maximum Gasteiger partial charge on any atom is 0.173 e. The molecule has 1 aliphatic heterocycles. The van der Waals surface area contributed by atoms with Gasteiger partial charge in [0.25, 0.3) is 0 Å². The molecule has 8 nitrogen and oxygen atoms in total. The topological polar surface area (TPSA) is 109 Å². The summed E-state index contributed by atoms with van der Waals surface area (Å²) in [6, 6.07) is 7.68.